The minimum atomic E-state index is -0.148. The molecule has 1 heterocycles. The Morgan fingerprint density at radius 2 is 1.82 bits per heavy atom. The average Bonchev–Trinajstić information content (AvgIpc) is 2.35. The molecule has 0 aliphatic carbocycles. The van der Waals surface area contributed by atoms with E-state index in [1.807, 2.05) is 6.08 Å². The Hall–Kier alpha value is -1.12. The molecule has 3 heteroatoms. The number of rotatable bonds is 1. The van der Waals surface area contributed by atoms with Gasteiger partial charge in [-0.2, -0.15) is 0 Å². The molecule has 1 N–H and O–H groups in total. The van der Waals surface area contributed by atoms with Crippen LogP contribution in [0.1, 0.15) is 26.2 Å². The van der Waals surface area contributed by atoms with Gasteiger partial charge in [0.25, 0.3) is 0 Å². The third-order valence-electron chi connectivity index (χ3n) is 1.15. The van der Waals surface area contributed by atoms with Crippen molar-refractivity contribution in [3.8, 4) is 0 Å². The monoisotopic (exact) mass is 155 g/mol. The maximum atomic E-state index is 10.1. The topological polar surface area (TPSA) is 46.2 Å². The van der Waals surface area contributed by atoms with Crippen LogP contribution in [0, 0.1) is 0 Å². The van der Waals surface area contributed by atoms with Crippen LogP contribution in [0.15, 0.2) is 12.7 Å². The fourth-order valence-corrected chi connectivity index (χ4v) is 0.508. The van der Waals surface area contributed by atoms with Crippen molar-refractivity contribution in [2.24, 2.45) is 0 Å². The third-order valence-corrected chi connectivity index (χ3v) is 1.15. The number of hydrogen-bond donors (Lipinski definition) is 1. The smallest absolute Gasteiger partial charge is 0.227 e. The molecule has 0 aromatic carbocycles. The number of hydrogen-bond acceptors (Lipinski definition) is 2. The molecule has 11 heavy (non-hydrogen) atoms. The molecule has 0 unspecified atom stereocenters. The van der Waals surface area contributed by atoms with Gasteiger partial charge in [0.15, 0.2) is 0 Å². The van der Waals surface area contributed by atoms with E-state index in [1.54, 1.807) is 0 Å². The molecule has 62 valence electrons. The lowest BCUT2D eigenvalue weighted by molar-refractivity contribution is -0.124. The molecule has 0 aromatic heterocycles. The fourth-order valence-electron chi connectivity index (χ4n) is 0.508. The zero-order valence-electron chi connectivity index (χ0n) is 6.72. The second-order valence-electron chi connectivity index (χ2n) is 2.17. The van der Waals surface area contributed by atoms with Crippen LogP contribution in [0.4, 0.5) is 0 Å². The van der Waals surface area contributed by atoms with Gasteiger partial charge < -0.3 is 0 Å². The summed E-state index contributed by atoms with van der Waals surface area (Å²) in [6, 6.07) is 0. The highest BCUT2D eigenvalue weighted by Crippen LogP contribution is 1.95. The zero-order chi connectivity index (χ0) is 8.69. The molecule has 1 saturated heterocycles. The van der Waals surface area contributed by atoms with Crippen LogP contribution in [0.5, 0.6) is 0 Å². The average molecular weight is 155 g/mol. The summed E-state index contributed by atoms with van der Waals surface area (Å²) < 4.78 is 0. The maximum Gasteiger partial charge on any atom is 0.227 e. The Morgan fingerprint density at radius 1 is 1.45 bits per heavy atom. The Kier molecular flexibility index (Phi) is 5.07. The van der Waals surface area contributed by atoms with Crippen LogP contribution in [-0.4, -0.2) is 11.8 Å². The number of amides is 2. The Labute approximate surface area is 66.5 Å². The summed E-state index contributed by atoms with van der Waals surface area (Å²) in [4.78, 5) is 20.2. The van der Waals surface area contributed by atoms with Crippen LogP contribution in [-0.2, 0) is 9.59 Å². The largest absolute Gasteiger partial charge is 0.296 e. The lowest BCUT2D eigenvalue weighted by atomic mass is 10.4. The molecule has 2 amide bonds. The number of carbonyl (C=O) groups is 2. The van der Waals surface area contributed by atoms with Crippen LogP contribution < -0.4 is 5.32 Å². The van der Waals surface area contributed by atoms with E-state index in [9.17, 15) is 9.59 Å². The second-order valence-corrected chi connectivity index (χ2v) is 2.17. The van der Waals surface area contributed by atoms with Gasteiger partial charge in [-0.15, -0.1) is 6.58 Å². The normalized spacial score (nSPS) is 15.0. The Morgan fingerprint density at radius 3 is 1.91 bits per heavy atom. The molecule has 0 radical (unpaired) electrons. The third kappa shape index (κ3) is 5.33. The van der Waals surface area contributed by atoms with Gasteiger partial charge in [0.1, 0.15) is 0 Å². The van der Waals surface area contributed by atoms with E-state index in [0.29, 0.717) is 12.8 Å². The summed E-state index contributed by atoms with van der Waals surface area (Å²) in [5, 5.41) is 2.14. The first kappa shape index (κ1) is 9.88. The summed E-state index contributed by atoms with van der Waals surface area (Å²) in [6.45, 7) is 5.54. The molecule has 0 aromatic rings. The molecular weight excluding hydrogens is 142 g/mol. The molecule has 0 saturated carbocycles. The molecule has 0 atom stereocenters. The first-order valence-electron chi connectivity index (χ1n) is 3.64. The van der Waals surface area contributed by atoms with Gasteiger partial charge >= 0.3 is 0 Å². The summed E-state index contributed by atoms with van der Waals surface area (Å²) in [5.41, 5.74) is 0. The molecule has 1 aliphatic heterocycles. The minimum absolute atomic E-state index is 0.148. The number of imide groups is 1. The predicted octanol–water partition coefficient (Wildman–Crippen LogP) is 1.01. The van der Waals surface area contributed by atoms with E-state index in [2.05, 4.69) is 18.8 Å². The van der Waals surface area contributed by atoms with Crippen molar-refractivity contribution >= 4 is 11.8 Å². The van der Waals surface area contributed by atoms with Crippen LogP contribution in [0.2, 0.25) is 0 Å². The Bertz CT molecular complexity index is 149. The van der Waals surface area contributed by atoms with Gasteiger partial charge in [0, 0.05) is 12.8 Å². The molecule has 0 bridgehead atoms. The van der Waals surface area contributed by atoms with Crippen molar-refractivity contribution in [2.75, 3.05) is 0 Å². The van der Waals surface area contributed by atoms with Gasteiger partial charge in [0.2, 0.25) is 11.8 Å². The van der Waals surface area contributed by atoms with Crippen LogP contribution in [0.25, 0.3) is 0 Å². The summed E-state index contributed by atoms with van der Waals surface area (Å²) in [7, 11) is 0. The van der Waals surface area contributed by atoms with Crippen molar-refractivity contribution in [3.05, 3.63) is 12.7 Å². The SMILES string of the molecule is C=CCC.O=C1CCC(=O)N1. The number of allylic oxidation sites excluding steroid dienone is 1. The van der Waals surface area contributed by atoms with Crippen molar-refractivity contribution in [2.45, 2.75) is 26.2 Å². The second kappa shape index (κ2) is 5.65. The predicted molar refractivity (Wildman–Crippen MR) is 42.9 cm³/mol. The molecule has 1 rings (SSSR count). The standard InChI is InChI=1S/C4H5NO2.C4H8/c6-3-1-2-4(7)5-3;1-3-4-2/h1-2H2,(H,5,6,7);3H,1,4H2,2H3. The van der Waals surface area contributed by atoms with Crippen molar-refractivity contribution < 1.29 is 9.59 Å². The number of nitrogens with one attached hydrogen (secondary N) is 1. The van der Waals surface area contributed by atoms with Crippen molar-refractivity contribution in [1.29, 1.82) is 0 Å². The minimum Gasteiger partial charge on any atom is -0.296 e. The van der Waals surface area contributed by atoms with Gasteiger partial charge in [-0.25, -0.2) is 0 Å². The molecule has 3 nitrogen and oxygen atoms in total. The highest BCUT2D eigenvalue weighted by molar-refractivity contribution is 6.01. The van der Waals surface area contributed by atoms with E-state index in [1.165, 1.54) is 0 Å². The Balaban J connectivity index is 0.000000218. The fraction of sp³-hybridized carbons (Fsp3) is 0.500. The van der Waals surface area contributed by atoms with Crippen molar-refractivity contribution in [1.82, 2.24) is 5.32 Å². The summed E-state index contributed by atoms with van der Waals surface area (Å²) in [5.74, 6) is -0.296. The van der Waals surface area contributed by atoms with E-state index >= 15 is 0 Å². The van der Waals surface area contributed by atoms with E-state index < -0.39 is 0 Å². The highest BCUT2D eigenvalue weighted by atomic mass is 16.2. The van der Waals surface area contributed by atoms with Gasteiger partial charge in [-0.1, -0.05) is 13.0 Å². The number of carbonyl (C=O) groups excluding carboxylic acids is 2. The lowest BCUT2D eigenvalue weighted by Gasteiger charge is -1.79. The molecule has 1 aliphatic rings. The summed E-state index contributed by atoms with van der Waals surface area (Å²) in [6.07, 6.45) is 3.71. The highest BCUT2D eigenvalue weighted by Gasteiger charge is 2.15. The van der Waals surface area contributed by atoms with Gasteiger partial charge in [-0.3, -0.25) is 14.9 Å². The van der Waals surface area contributed by atoms with Crippen LogP contribution in [0.3, 0.4) is 0 Å². The van der Waals surface area contributed by atoms with Crippen LogP contribution >= 0.6 is 0 Å². The quantitative estimate of drug-likeness (QED) is 0.453. The van der Waals surface area contributed by atoms with E-state index in [-0.39, 0.29) is 11.8 Å². The first-order chi connectivity index (χ1) is 5.20. The van der Waals surface area contributed by atoms with E-state index in [0.717, 1.165) is 6.42 Å². The van der Waals surface area contributed by atoms with Gasteiger partial charge in [0.05, 0.1) is 0 Å². The molecular formula is C8H13NO2. The summed E-state index contributed by atoms with van der Waals surface area (Å²) >= 11 is 0. The zero-order valence-corrected chi connectivity index (χ0v) is 6.72. The first-order valence-corrected chi connectivity index (χ1v) is 3.64. The van der Waals surface area contributed by atoms with Gasteiger partial charge in [-0.05, 0) is 6.42 Å². The maximum absolute atomic E-state index is 10.1. The van der Waals surface area contributed by atoms with E-state index in [4.69, 9.17) is 0 Å². The lowest BCUT2D eigenvalue weighted by Crippen LogP contribution is -2.18. The van der Waals surface area contributed by atoms with Crippen molar-refractivity contribution in [3.63, 3.8) is 0 Å². The molecule has 1 fully saturated rings. The molecule has 0 spiro atoms.